The van der Waals surface area contributed by atoms with Gasteiger partial charge in [0.05, 0.1) is 0 Å². The predicted octanol–water partition coefficient (Wildman–Crippen LogP) is 5.09. The zero-order valence-corrected chi connectivity index (χ0v) is 15.1. The van der Waals surface area contributed by atoms with Crippen molar-refractivity contribution in [2.24, 2.45) is 0 Å². The fourth-order valence-electron chi connectivity index (χ4n) is 0.783. The van der Waals surface area contributed by atoms with Crippen LogP contribution in [-0.4, -0.2) is 11.6 Å². The monoisotopic (exact) mass is 548 g/mol. The van der Waals surface area contributed by atoms with Crippen LogP contribution in [0.25, 0.3) is 4.48 Å². The quantitative estimate of drug-likeness (QED) is 0.452. The first kappa shape index (κ1) is 12.7. The Morgan fingerprint density at radius 2 is 1.62 bits per heavy atom. The molecule has 0 unspecified atom stereocenters. The second kappa shape index (κ2) is 5.67. The molecule has 0 bridgehead atoms. The van der Waals surface area contributed by atoms with Crippen molar-refractivity contribution in [3.63, 3.8) is 0 Å². The van der Waals surface area contributed by atoms with Gasteiger partial charge in [0.2, 0.25) is 0 Å². The third-order valence-electron chi connectivity index (χ3n) is 1.29. The Morgan fingerprint density at radius 1 is 1.08 bits per heavy atom. The van der Waals surface area contributed by atoms with E-state index in [4.69, 9.17) is 0 Å². The Labute approximate surface area is 108 Å². The van der Waals surface area contributed by atoms with E-state index >= 15 is 0 Å². The molecule has 72 valence electrons. The van der Waals surface area contributed by atoms with Gasteiger partial charge in [-0.15, -0.1) is 0 Å². The van der Waals surface area contributed by atoms with Crippen LogP contribution in [0.5, 0.6) is 0 Å². The number of benzene rings is 1. The average Bonchev–Trinajstić information content (AvgIpc) is 2.03. The van der Waals surface area contributed by atoms with Crippen LogP contribution in [0.1, 0.15) is 5.56 Å². The third kappa shape index (κ3) is 5.34. The molecule has 0 nitrogen and oxygen atoms in total. The third-order valence-corrected chi connectivity index (χ3v) is 8.11. The standard InChI is InChI=1S/C8H6Br4Te/c9-8(6-13(10,11)12)7-4-2-1-3-5-7/h1-6H/b8-6+. The summed E-state index contributed by atoms with van der Waals surface area (Å²) in [5.74, 6) is 0. The topological polar surface area (TPSA) is 0 Å². The van der Waals surface area contributed by atoms with Gasteiger partial charge in [0.1, 0.15) is 0 Å². The molecule has 13 heavy (non-hydrogen) atoms. The predicted molar refractivity (Wildman–Crippen MR) is 75.9 cm³/mol. The van der Waals surface area contributed by atoms with Gasteiger partial charge in [-0.25, -0.2) is 0 Å². The molecule has 0 amide bonds. The van der Waals surface area contributed by atoms with E-state index < -0.39 is 11.6 Å². The van der Waals surface area contributed by atoms with Gasteiger partial charge in [-0.05, 0) is 0 Å². The molecule has 0 saturated heterocycles. The molecule has 0 spiro atoms. The van der Waals surface area contributed by atoms with E-state index in [0.29, 0.717) is 0 Å². The van der Waals surface area contributed by atoms with Crippen LogP contribution in [0.15, 0.2) is 34.5 Å². The molecule has 0 fully saturated rings. The zero-order valence-electron chi connectivity index (χ0n) is 6.38. The molecule has 0 aliphatic heterocycles. The average molecular weight is 549 g/mol. The molecule has 0 N–H and O–H groups in total. The first-order valence-electron chi connectivity index (χ1n) is 3.34. The van der Waals surface area contributed by atoms with Crippen LogP contribution in [-0.2, 0) is 0 Å². The van der Waals surface area contributed by atoms with Crippen molar-refractivity contribution < 1.29 is 0 Å². The Morgan fingerprint density at radius 3 is 2.08 bits per heavy atom. The Hall–Kier alpha value is 1.67. The normalized spacial score (nSPS) is 14.3. The maximum absolute atomic E-state index is 3.59. The summed E-state index contributed by atoms with van der Waals surface area (Å²) < 4.78 is 3.28. The van der Waals surface area contributed by atoms with Crippen molar-refractivity contribution in [1.82, 2.24) is 0 Å². The fourth-order valence-corrected chi connectivity index (χ4v) is 12.8. The number of hydrogen-bond donors (Lipinski definition) is 0. The molecule has 5 heteroatoms. The van der Waals surface area contributed by atoms with E-state index in [9.17, 15) is 0 Å². The van der Waals surface area contributed by atoms with Crippen molar-refractivity contribution >= 4 is 70.2 Å². The number of rotatable bonds is 2. The van der Waals surface area contributed by atoms with Crippen LogP contribution in [0.2, 0.25) is 0 Å². The summed E-state index contributed by atoms with van der Waals surface area (Å²) in [6.07, 6.45) is 0. The van der Waals surface area contributed by atoms with Crippen LogP contribution >= 0.6 is 54.2 Å². The summed E-state index contributed by atoms with van der Waals surface area (Å²) in [6, 6.07) is 10.2. The molecule has 1 rings (SSSR count). The first-order valence-corrected chi connectivity index (χ1v) is 21.1. The Kier molecular flexibility index (Phi) is 5.56. The van der Waals surface area contributed by atoms with Gasteiger partial charge < -0.3 is 0 Å². The van der Waals surface area contributed by atoms with Gasteiger partial charge in [-0.2, -0.15) is 0 Å². The molecule has 0 aromatic heterocycles. The summed E-state index contributed by atoms with van der Waals surface area (Å²) >= 11 is 12.2. The molecule has 0 aliphatic rings. The molecule has 0 aliphatic carbocycles. The van der Waals surface area contributed by atoms with E-state index in [1.54, 1.807) is 0 Å². The molecular formula is C8H6Br4Te. The van der Waals surface area contributed by atoms with Crippen molar-refractivity contribution in [3.05, 3.63) is 40.0 Å². The number of hydrogen-bond acceptors (Lipinski definition) is 0. The van der Waals surface area contributed by atoms with E-state index in [0.717, 1.165) is 4.48 Å². The maximum atomic E-state index is 3.59. The van der Waals surface area contributed by atoms with Crippen molar-refractivity contribution in [2.45, 2.75) is 0 Å². The minimum absolute atomic E-state index is 1.11. The van der Waals surface area contributed by atoms with E-state index in [-0.39, 0.29) is 0 Å². The summed E-state index contributed by atoms with van der Waals surface area (Å²) in [6.45, 7) is 0. The summed E-state index contributed by atoms with van der Waals surface area (Å²) in [4.78, 5) is 0. The van der Waals surface area contributed by atoms with Gasteiger partial charge in [0.25, 0.3) is 0 Å². The first-order chi connectivity index (χ1) is 5.99. The summed E-state index contributed by atoms with van der Waals surface area (Å²) in [5, 5.41) is 0. The van der Waals surface area contributed by atoms with Crippen molar-refractivity contribution in [2.75, 3.05) is 0 Å². The fraction of sp³-hybridized carbons (Fsp3) is 0. The van der Waals surface area contributed by atoms with Crippen LogP contribution in [0.3, 0.4) is 0 Å². The second-order valence-corrected chi connectivity index (χ2v) is 44.4. The van der Waals surface area contributed by atoms with Crippen LogP contribution in [0.4, 0.5) is 0 Å². The molecule has 1 aromatic rings. The Bertz CT molecular complexity index is 302. The SMILES string of the molecule is Br/C(=C/[Te](Br)(Br)Br)c1ccccc1. The van der Waals surface area contributed by atoms with Crippen molar-refractivity contribution in [1.29, 1.82) is 0 Å². The summed E-state index contributed by atoms with van der Waals surface area (Å²) in [7, 11) is 0. The van der Waals surface area contributed by atoms with E-state index in [1.807, 2.05) is 18.2 Å². The van der Waals surface area contributed by atoms with Gasteiger partial charge in [0.15, 0.2) is 0 Å². The second-order valence-electron chi connectivity index (χ2n) is 2.27. The van der Waals surface area contributed by atoms with Gasteiger partial charge >= 0.3 is 110 Å². The molecule has 0 saturated carbocycles. The molecule has 0 heterocycles. The van der Waals surface area contributed by atoms with Crippen molar-refractivity contribution in [3.8, 4) is 0 Å². The van der Waals surface area contributed by atoms with Gasteiger partial charge in [-0.3, -0.25) is 0 Å². The van der Waals surface area contributed by atoms with E-state index in [2.05, 4.69) is 70.5 Å². The zero-order chi connectivity index (χ0) is 9.90. The molecule has 0 atom stereocenters. The summed E-state index contributed by atoms with van der Waals surface area (Å²) in [5.41, 5.74) is 1.19. The molecule has 0 radical (unpaired) electrons. The van der Waals surface area contributed by atoms with Crippen LogP contribution < -0.4 is 0 Å². The Balaban J connectivity index is 2.92. The molecular weight excluding hydrogens is 543 g/mol. The van der Waals surface area contributed by atoms with Gasteiger partial charge in [-0.1, -0.05) is 0 Å². The number of halogens is 4. The molecule has 1 aromatic carbocycles. The van der Waals surface area contributed by atoms with Crippen LogP contribution in [0, 0.1) is 0 Å². The van der Waals surface area contributed by atoms with Gasteiger partial charge in [0, 0.05) is 0 Å². The minimum atomic E-state index is -2.16. The van der Waals surface area contributed by atoms with E-state index in [1.165, 1.54) is 5.56 Å².